The monoisotopic (exact) mass is 256 g/mol. The molecule has 96 valence electrons. The summed E-state index contributed by atoms with van der Waals surface area (Å²) in [6.07, 6.45) is 4.17. The van der Waals surface area contributed by atoms with Crippen molar-refractivity contribution in [2.45, 2.75) is 25.8 Å². The zero-order valence-corrected chi connectivity index (χ0v) is 10.4. The quantitative estimate of drug-likeness (QED) is 0.847. The SMILES string of the molecule is N#CCC1(Cn2ccc3cc(F)ccc3c2=O)CC1. The lowest BCUT2D eigenvalue weighted by atomic mass is 10.0. The van der Waals surface area contributed by atoms with Gasteiger partial charge in [0.1, 0.15) is 5.82 Å². The average molecular weight is 256 g/mol. The van der Waals surface area contributed by atoms with E-state index in [1.165, 1.54) is 18.2 Å². The number of aromatic nitrogens is 1. The van der Waals surface area contributed by atoms with Crippen LogP contribution in [-0.2, 0) is 6.54 Å². The minimum absolute atomic E-state index is 0.0215. The Kier molecular flexibility index (Phi) is 2.63. The molecule has 1 saturated carbocycles. The normalized spacial score (nSPS) is 16.2. The summed E-state index contributed by atoms with van der Waals surface area (Å²) in [5, 5.41) is 9.95. The van der Waals surface area contributed by atoms with Gasteiger partial charge in [-0.15, -0.1) is 0 Å². The van der Waals surface area contributed by atoms with E-state index >= 15 is 0 Å². The Morgan fingerprint density at radius 3 is 2.84 bits per heavy atom. The van der Waals surface area contributed by atoms with Gasteiger partial charge in [-0.1, -0.05) is 0 Å². The maximum Gasteiger partial charge on any atom is 0.258 e. The van der Waals surface area contributed by atoms with Crippen LogP contribution in [0.25, 0.3) is 10.8 Å². The zero-order chi connectivity index (χ0) is 13.5. The summed E-state index contributed by atoms with van der Waals surface area (Å²) in [7, 11) is 0. The van der Waals surface area contributed by atoms with Gasteiger partial charge in [-0.3, -0.25) is 4.79 Å². The highest BCUT2D eigenvalue weighted by Gasteiger charge is 2.42. The predicted octanol–water partition coefficient (Wildman–Crippen LogP) is 2.83. The Bertz CT molecular complexity index is 738. The molecular weight excluding hydrogens is 243 g/mol. The van der Waals surface area contributed by atoms with Crippen molar-refractivity contribution in [1.82, 2.24) is 4.57 Å². The third-order valence-electron chi connectivity index (χ3n) is 3.86. The van der Waals surface area contributed by atoms with E-state index < -0.39 is 0 Å². The van der Waals surface area contributed by atoms with Crippen molar-refractivity contribution >= 4 is 10.8 Å². The Balaban J connectivity index is 2.02. The summed E-state index contributed by atoms with van der Waals surface area (Å²) >= 11 is 0. The van der Waals surface area contributed by atoms with Gasteiger partial charge < -0.3 is 4.57 Å². The summed E-state index contributed by atoms with van der Waals surface area (Å²) in [6, 6.07) is 8.13. The van der Waals surface area contributed by atoms with Gasteiger partial charge in [-0.05, 0) is 42.5 Å². The van der Waals surface area contributed by atoms with Gasteiger partial charge in [-0.25, -0.2) is 4.39 Å². The van der Waals surface area contributed by atoms with E-state index in [1.807, 2.05) is 0 Å². The van der Waals surface area contributed by atoms with E-state index in [0.29, 0.717) is 23.7 Å². The van der Waals surface area contributed by atoms with Crippen molar-refractivity contribution in [3.05, 3.63) is 46.6 Å². The van der Waals surface area contributed by atoms with E-state index in [1.54, 1.807) is 16.8 Å². The van der Waals surface area contributed by atoms with Crippen molar-refractivity contribution in [3.8, 4) is 6.07 Å². The van der Waals surface area contributed by atoms with Crippen LogP contribution in [0.5, 0.6) is 0 Å². The summed E-state index contributed by atoms with van der Waals surface area (Å²) in [5.41, 5.74) is -0.131. The summed E-state index contributed by atoms with van der Waals surface area (Å²) in [4.78, 5) is 12.3. The minimum atomic E-state index is -0.340. The highest BCUT2D eigenvalue weighted by Crippen LogP contribution is 2.49. The van der Waals surface area contributed by atoms with E-state index in [2.05, 4.69) is 6.07 Å². The fraction of sp³-hybridized carbons (Fsp3) is 0.333. The lowest BCUT2D eigenvalue weighted by Crippen LogP contribution is -2.24. The van der Waals surface area contributed by atoms with Gasteiger partial charge in [0.15, 0.2) is 0 Å². The molecule has 0 unspecified atom stereocenters. The molecule has 4 heteroatoms. The molecular formula is C15H13FN2O. The fourth-order valence-electron chi connectivity index (χ4n) is 2.48. The number of fused-ring (bicyclic) bond motifs is 1. The number of nitrogens with zero attached hydrogens (tertiary/aromatic N) is 2. The molecule has 0 amide bonds. The summed E-state index contributed by atoms with van der Waals surface area (Å²) in [5.74, 6) is -0.340. The number of rotatable bonds is 3. The van der Waals surface area contributed by atoms with Crippen molar-refractivity contribution in [2.75, 3.05) is 0 Å². The third-order valence-corrected chi connectivity index (χ3v) is 3.86. The fourth-order valence-corrected chi connectivity index (χ4v) is 2.48. The second-order valence-corrected chi connectivity index (χ2v) is 5.32. The maximum absolute atomic E-state index is 13.1. The van der Waals surface area contributed by atoms with Crippen LogP contribution in [0.1, 0.15) is 19.3 Å². The van der Waals surface area contributed by atoms with E-state index in [9.17, 15) is 9.18 Å². The molecule has 0 saturated heterocycles. The molecule has 1 fully saturated rings. The van der Waals surface area contributed by atoms with Crippen molar-refractivity contribution in [3.63, 3.8) is 0 Å². The molecule has 1 aromatic carbocycles. The molecule has 0 atom stereocenters. The van der Waals surface area contributed by atoms with E-state index in [4.69, 9.17) is 5.26 Å². The number of pyridine rings is 1. The number of nitriles is 1. The second-order valence-electron chi connectivity index (χ2n) is 5.32. The Morgan fingerprint density at radius 1 is 1.37 bits per heavy atom. The number of benzene rings is 1. The summed E-state index contributed by atoms with van der Waals surface area (Å²) < 4.78 is 14.7. The first-order valence-corrected chi connectivity index (χ1v) is 6.29. The van der Waals surface area contributed by atoms with Crippen molar-refractivity contribution in [1.29, 1.82) is 5.26 Å². The first-order valence-electron chi connectivity index (χ1n) is 6.29. The van der Waals surface area contributed by atoms with Crippen LogP contribution in [0.15, 0.2) is 35.3 Å². The number of hydrogen-bond acceptors (Lipinski definition) is 2. The molecule has 3 rings (SSSR count). The Morgan fingerprint density at radius 2 is 2.16 bits per heavy atom. The molecule has 0 bridgehead atoms. The predicted molar refractivity (Wildman–Crippen MR) is 70.1 cm³/mol. The zero-order valence-electron chi connectivity index (χ0n) is 10.4. The van der Waals surface area contributed by atoms with Crippen LogP contribution >= 0.6 is 0 Å². The van der Waals surface area contributed by atoms with Crippen LogP contribution in [-0.4, -0.2) is 4.57 Å². The standard InChI is InChI=1S/C15H13FN2O/c16-12-1-2-13-11(9-12)3-8-18(14(13)19)10-15(4-5-15)6-7-17/h1-3,8-9H,4-6,10H2. The largest absolute Gasteiger partial charge is 0.314 e. The first-order chi connectivity index (χ1) is 9.13. The molecule has 3 nitrogen and oxygen atoms in total. The highest BCUT2D eigenvalue weighted by atomic mass is 19.1. The van der Waals surface area contributed by atoms with Gasteiger partial charge in [0.25, 0.3) is 5.56 Å². The van der Waals surface area contributed by atoms with Gasteiger partial charge in [0, 0.05) is 30.0 Å². The van der Waals surface area contributed by atoms with Crippen molar-refractivity contribution < 1.29 is 4.39 Å². The molecule has 0 radical (unpaired) electrons. The van der Waals surface area contributed by atoms with E-state index in [0.717, 1.165) is 12.8 Å². The molecule has 1 aliphatic rings. The lowest BCUT2D eigenvalue weighted by molar-refractivity contribution is 0.425. The van der Waals surface area contributed by atoms with Crippen LogP contribution in [0, 0.1) is 22.6 Å². The van der Waals surface area contributed by atoms with E-state index in [-0.39, 0.29) is 16.8 Å². The van der Waals surface area contributed by atoms with Crippen LogP contribution in [0.3, 0.4) is 0 Å². The molecule has 0 spiro atoms. The van der Waals surface area contributed by atoms with Gasteiger partial charge in [0.05, 0.1) is 6.07 Å². The molecule has 0 N–H and O–H groups in total. The smallest absolute Gasteiger partial charge is 0.258 e. The maximum atomic E-state index is 13.1. The Hall–Kier alpha value is -2.15. The molecule has 1 aliphatic carbocycles. The van der Waals surface area contributed by atoms with Crippen LogP contribution in [0.2, 0.25) is 0 Å². The third kappa shape index (κ3) is 2.12. The van der Waals surface area contributed by atoms with Gasteiger partial charge >= 0.3 is 0 Å². The number of halogens is 1. The minimum Gasteiger partial charge on any atom is -0.314 e. The average Bonchev–Trinajstić information content (AvgIpc) is 3.13. The first kappa shape index (κ1) is 11.9. The topological polar surface area (TPSA) is 45.8 Å². The highest BCUT2D eigenvalue weighted by molar-refractivity contribution is 5.81. The molecule has 19 heavy (non-hydrogen) atoms. The summed E-state index contributed by atoms with van der Waals surface area (Å²) in [6.45, 7) is 0.576. The lowest BCUT2D eigenvalue weighted by Gasteiger charge is -2.13. The molecule has 1 aromatic heterocycles. The van der Waals surface area contributed by atoms with Crippen molar-refractivity contribution in [2.24, 2.45) is 5.41 Å². The van der Waals surface area contributed by atoms with Crippen LogP contribution in [0.4, 0.5) is 4.39 Å². The van der Waals surface area contributed by atoms with Gasteiger partial charge in [-0.2, -0.15) is 5.26 Å². The second kappa shape index (κ2) is 4.20. The number of hydrogen-bond donors (Lipinski definition) is 0. The molecule has 0 aliphatic heterocycles. The molecule has 1 heterocycles. The van der Waals surface area contributed by atoms with Gasteiger partial charge in [0.2, 0.25) is 0 Å². The van der Waals surface area contributed by atoms with Crippen LogP contribution < -0.4 is 5.56 Å². The molecule has 2 aromatic rings. The Labute approximate surface area is 109 Å².